The van der Waals surface area contributed by atoms with Crippen LogP contribution in [0.25, 0.3) is 0 Å². The molecule has 0 amide bonds. The van der Waals surface area contributed by atoms with Crippen LogP contribution in [-0.2, 0) is 0 Å². The van der Waals surface area contributed by atoms with Crippen LogP contribution in [0.15, 0.2) is 36.4 Å². The highest BCUT2D eigenvalue weighted by Gasteiger charge is 2.15. The van der Waals surface area contributed by atoms with Crippen molar-refractivity contribution in [1.29, 1.82) is 5.26 Å². The van der Waals surface area contributed by atoms with E-state index in [9.17, 15) is 0 Å². The van der Waals surface area contributed by atoms with Crippen molar-refractivity contribution in [2.24, 2.45) is 0 Å². The minimum absolute atomic E-state index is 0.105. The fraction of sp³-hybridized carbons (Fsp3) is 0.133. The molecule has 0 spiro atoms. The van der Waals surface area contributed by atoms with Crippen LogP contribution < -0.4 is 5.32 Å². The molecular weight excluding hydrogens is 315 g/mol. The van der Waals surface area contributed by atoms with Gasteiger partial charge in [0.15, 0.2) is 0 Å². The van der Waals surface area contributed by atoms with E-state index >= 15 is 0 Å². The molecule has 0 saturated carbocycles. The number of nitrogens with zero attached hydrogens (tertiary/aromatic N) is 1. The monoisotopic (exact) mass is 324 g/mol. The molecule has 0 bridgehead atoms. The third kappa shape index (κ3) is 3.02. The van der Waals surface area contributed by atoms with Crippen molar-refractivity contribution in [1.82, 2.24) is 0 Å². The lowest BCUT2D eigenvalue weighted by molar-refractivity contribution is 0.884. The summed E-state index contributed by atoms with van der Waals surface area (Å²) in [5.41, 5.74) is 2.16. The molecule has 102 valence electrons. The average molecular weight is 326 g/mol. The first kappa shape index (κ1) is 15.0. The van der Waals surface area contributed by atoms with E-state index in [1.165, 1.54) is 0 Å². The molecule has 2 nitrogen and oxygen atoms in total. The summed E-state index contributed by atoms with van der Waals surface area (Å²) in [6.07, 6.45) is 0. The fourth-order valence-electron chi connectivity index (χ4n) is 1.89. The van der Waals surface area contributed by atoms with Crippen LogP contribution in [-0.4, -0.2) is 0 Å². The molecule has 0 saturated heterocycles. The fourth-order valence-corrected chi connectivity index (χ4v) is 2.60. The van der Waals surface area contributed by atoms with Crippen LogP contribution in [0.1, 0.15) is 24.1 Å². The third-order valence-corrected chi connectivity index (χ3v) is 4.26. The number of rotatable bonds is 3. The molecule has 2 rings (SSSR count). The lowest BCUT2D eigenvalue weighted by Crippen LogP contribution is -2.08. The van der Waals surface area contributed by atoms with E-state index in [1.54, 1.807) is 12.1 Å². The van der Waals surface area contributed by atoms with Crippen molar-refractivity contribution in [3.05, 3.63) is 62.6 Å². The number of anilines is 1. The van der Waals surface area contributed by atoms with E-state index in [0.717, 1.165) is 11.3 Å². The molecule has 0 fully saturated rings. The number of para-hydroxylation sites is 1. The molecule has 0 aliphatic carbocycles. The molecule has 1 atom stereocenters. The minimum atomic E-state index is -0.105. The third-order valence-electron chi connectivity index (χ3n) is 2.95. The molecule has 1 N–H and O–H groups in total. The van der Waals surface area contributed by atoms with Gasteiger partial charge in [-0.2, -0.15) is 5.26 Å². The van der Waals surface area contributed by atoms with Gasteiger partial charge in [0, 0.05) is 0 Å². The van der Waals surface area contributed by atoms with E-state index in [0.29, 0.717) is 20.6 Å². The van der Waals surface area contributed by atoms with Gasteiger partial charge in [0.2, 0.25) is 0 Å². The Labute approximate surface area is 132 Å². The van der Waals surface area contributed by atoms with Gasteiger partial charge in [0.05, 0.1) is 32.4 Å². The summed E-state index contributed by atoms with van der Waals surface area (Å²) in [5.74, 6) is 0. The molecule has 0 radical (unpaired) electrons. The van der Waals surface area contributed by atoms with Gasteiger partial charge in [-0.1, -0.05) is 53.0 Å². The molecule has 2 aromatic carbocycles. The molecule has 20 heavy (non-hydrogen) atoms. The highest BCUT2D eigenvalue weighted by Crippen LogP contribution is 2.36. The Balaban J connectivity index is 2.32. The zero-order valence-electron chi connectivity index (χ0n) is 10.6. The first-order valence-electron chi connectivity index (χ1n) is 5.93. The maximum absolute atomic E-state index is 9.08. The highest BCUT2D eigenvalue weighted by molar-refractivity contribution is 6.48. The second kappa shape index (κ2) is 6.37. The van der Waals surface area contributed by atoms with Crippen molar-refractivity contribution in [3.8, 4) is 6.07 Å². The summed E-state index contributed by atoms with van der Waals surface area (Å²) < 4.78 is 0. The average Bonchev–Trinajstić information content (AvgIpc) is 2.45. The van der Waals surface area contributed by atoms with Crippen LogP contribution in [0, 0.1) is 11.3 Å². The van der Waals surface area contributed by atoms with Crippen LogP contribution in [0.2, 0.25) is 15.1 Å². The van der Waals surface area contributed by atoms with Crippen molar-refractivity contribution >= 4 is 40.5 Å². The Hall–Kier alpha value is -1.40. The molecule has 0 aromatic heterocycles. The normalized spacial score (nSPS) is 11.8. The predicted molar refractivity (Wildman–Crippen MR) is 84.7 cm³/mol. The molecule has 0 aliphatic rings. The lowest BCUT2D eigenvalue weighted by atomic mass is 10.1. The van der Waals surface area contributed by atoms with Gasteiger partial charge < -0.3 is 5.32 Å². The van der Waals surface area contributed by atoms with Gasteiger partial charge in [0.25, 0.3) is 0 Å². The molecule has 1 unspecified atom stereocenters. The summed E-state index contributed by atoms with van der Waals surface area (Å²) in [7, 11) is 0. The Morgan fingerprint density at radius 2 is 1.75 bits per heavy atom. The second-order valence-electron chi connectivity index (χ2n) is 4.29. The quantitative estimate of drug-likeness (QED) is 0.736. The van der Waals surface area contributed by atoms with Crippen molar-refractivity contribution in [2.75, 3.05) is 5.32 Å². The first-order valence-corrected chi connectivity index (χ1v) is 7.07. The van der Waals surface area contributed by atoms with Gasteiger partial charge in [-0.05, 0) is 30.7 Å². The summed E-state index contributed by atoms with van der Waals surface area (Å²) >= 11 is 18.2. The van der Waals surface area contributed by atoms with Gasteiger partial charge >= 0.3 is 0 Å². The summed E-state index contributed by atoms with van der Waals surface area (Å²) in [5, 5.41) is 13.5. The van der Waals surface area contributed by atoms with E-state index in [-0.39, 0.29) is 6.04 Å². The zero-order chi connectivity index (χ0) is 14.7. The lowest BCUT2D eigenvalue weighted by Gasteiger charge is -2.18. The predicted octanol–water partition coefficient (Wildman–Crippen LogP) is 5.69. The van der Waals surface area contributed by atoms with Gasteiger partial charge in [-0.3, -0.25) is 0 Å². The maximum atomic E-state index is 9.08. The Morgan fingerprint density at radius 1 is 1.05 bits per heavy atom. The Morgan fingerprint density at radius 3 is 2.45 bits per heavy atom. The molecule has 0 aliphatic heterocycles. The van der Waals surface area contributed by atoms with E-state index in [2.05, 4.69) is 11.4 Å². The van der Waals surface area contributed by atoms with Crippen molar-refractivity contribution in [2.45, 2.75) is 13.0 Å². The SMILES string of the molecule is CC(Nc1ccccc1C#N)c1ccc(Cl)c(Cl)c1Cl. The number of halogens is 3. The van der Waals surface area contributed by atoms with Crippen LogP contribution >= 0.6 is 34.8 Å². The topological polar surface area (TPSA) is 35.8 Å². The largest absolute Gasteiger partial charge is 0.377 e. The van der Waals surface area contributed by atoms with E-state index in [1.807, 2.05) is 31.2 Å². The molecule has 0 heterocycles. The number of benzene rings is 2. The van der Waals surface area contributed by atoms with Gasteiger partial charge in [0.1, 0.15) is 6.07 Å². The number of hydrogen-bond acceptors (Lipinski definition) is 2. The van der Waals surface area contributed by atoms with Gasteiger partial charge in [-0.25, -0.2) is 0 Å². The second-order valence-corrected chi connectivity index (χ2v) is 5.45. The Kier molecular flexibility index (Phi) is 4.77. The first-order chi connectivity index (χ1) is 9.54. The summed E-state index contributed by atoms with van der Waals surface area (Å²) in [4.78, 5) is 0. The van der Waals surface area contributed by atoms with E-state index in [4.69, 9.17) is 40.1 Å². The molecule has 5 heteroatoms. The smallest absolute Gasteiger partial charge is 0.101 e. The van der Waals surface area contributed by atoms with Crippen LogP contribution in [0.5, 0.6) is 0 Å². The molecular formula is C15H11Cl3N2. The zero-order valence-corrected chi connectivity index (χ0v) is 12.9. The van der Waals surface area contributed by atoms with E-state index < -0.39 is 0 Å². The standard InChI is InChI=1S/C15H11Cl3N2/c1-9(11-6-7-12(16)15(18)14(11)17)20-13-5-3-2-4-10(13)8-19/h2-7,9,20H,1H3. The maximum Gasteiger partial charge on any atom is 0.101 e. The minimum Gasteiger partial charge on any atom is -0.377 e. The van der Waals surface area contributed by atoms with Crippen molar-refractivity contribution in [3.63, 3.8) is 0 Å². The number of nitrogens with one attached hydrogen (secondary N) is 1. The highest BCUT2D eigenvalue weighted by atomic mass is 35.5. The van der Waals surface area contributed by atoms with Crippen LogP contribution in [0.4, 0.5) is 5.69 Å². The number of hydrogen-bond donors (Lipinski definition) is 1. The Bertz CT molecular complexity index is 677. The number of nitriles is 1. The van der Waals surface area contributed by atoms with Crippen LogP contribution in [0.3, 0.4) is 0 Å². The summed E-state index contributed by atoms with van der Waals surface area (Å²) in [6.45, 7) is 1.94. The van der Waals surface area contributed by atoms with Gasteiger partial charge in [-0.15, -0.1) is 0 Å². The molecule has 2 aromatic rings. The van der Waals surface area contributed by atoms with Crippen molar-refractivity contribution < 1.29 is 0 Å². The summed E-state index contributed by atoms with van der Waals surface area (Å²) in [6, 6.07) is 12.9.